The second-order valence-electron chi connectivity index (χ2n) is 6.10. The predicted molar refractivity (Wildman–Crippen MR) is 103 cm³/mol. The number of anilines is 2. The van der Waals surface area contributed by atoms with Crippen molar-refractivity contribution in [1.29, 1.82) is 15.8 Å². The number of hydrogen-bond donors (Lipinski definition) is 0. The third-order valence-electron chi connectivity index (χ3n) is 4.11. The van der Waals surface area contributed by atoms with Crippen molar-refractivity contribution >= 4 is 17.1 Å². The molecular weight excluding hydrogens is 410 g/mol. The molecule has 3 rings (SSSR count). The molecule has 150 valence electrons. The van der Waals surface area contributed by atoms with Gasteiger partial charge in [-0.3, -0.25) is 0 Å². The summed E-state index contributed by atoms with van der Waals surface area (Å²) < 4.78 is 55.9. The lowest BCUT2D eigenvalue weighted by atomic mass is 9.99. The van der Waals surface area contributed by atoms with Gasteiger partial charge in [0, 0.05) is 17.7 Å². The first-order valence-electron chi connectivity index (χ1n) is 8.50. The van der Waals surface area contributed by atoms with E-state index in [0.717, 1.165) is 29.2 Å². The van der Waals surface area contributed by atoms with Gasteiger partial charge < -0.3 is 4.90 Å². The summed E-state index contributed by atoms with van der Waals surface area (Å²) in [7, 11) is 0. The van der Waals surface area contributed by atoms with Crippen LogP contribution < -0.4 is 4.90 Å². The Morgan fingerprint density at radius 2 is 1.23 bits per heavy atom. The second-order valence-corrected chi connectivity index (χ2v) is 6.10. The van der Waals surface area contributed by atoms with Crippen LogP contribution in [-0.4, -0.2) is 5.71 Å². The first-order valence-corrected chi connectivity index (χ1v) is 8.50. The summed E-state index contributed by atoms with van der Waals surface area (Å²) >= 11 is 0. The third kappa shape index (κ3) is 4.50. The quantitative estimate of drug-likeness (QED) is 0.393. The molecule has 1 aliphatic rings. The molecule has 0 N–H and O–H groups in total. The standard InChI is InChI=1S/C22H9F4N5/c23-15-4-16(24)7-19(6-15)31(20-8-17(25)5-18(26)9-20)22-3-13(14(10-27)11-28)1-2-21(22)30-12-29/h1-9H. The van der Waals surface area contributed by atoms with Crippen LogP contribution in [0.2, 0.25) is 0 Å². The zero-order chi connectivity index (χ0) is 22.5. The topological polar surface area (TPSA) is 87.0 Å². The van der Waals surface area contributed by atoms with E-state index < -0.39 is 23.3 Å². The molecule has 2 aromatic rings. The maximum absolute atomic E-state index is 14.0. The van der Waals surface area contributed by atoms with Gasteiger partial charge in [0.2, 0.25) is 6.19 Å². The molecule has 0 saturated heterocycles. The number of allylic oxidation sites excluding steroid dienone is 5. The van der Waals surface area contributed by atoms with E-state index in [2.05, 4.69) is 4.99 Å². The monoisotopic (exact) mass is 419 g/mol. The highest BCUT2D eigenvalue weighted by Gasteiger charge is 2.24. The number of rotatable bonds is 3. The molecule has 1 aliphatic carbocycles. The second kappa shape index (κ2) is 8.77. The third-order valence-corrected chi connectivity index (χ3v) is 4.11. The molecule has 0 aliphatic heterocycles. The van der Waals surface area contributed by atoms with Crippen molar-refractivity contribution < 1.29 is 17.6 Å². The molecule has 0 aromatic heterocycles. The average Bonchev–Trinajstić information content (AvgIpc) is 2.69. The van der Waals surface area contributed by atoms with Crippen molar-refractivity contribution in [1.82, 2.24) is 0 Å². The molecule has 0 atom stereocenters. The lowest BCUT2D eigenvalue weighted by molar-refractivity contribution is 0.582. The van der Waals surface area contributed by atoms with Gasteiger partial charge in [-0.15, -0.1) is 0 Å². The molecule has 0 amide bonds. The first kappa shape index (κ1) is 21.0. The Morgan fingerprint density at radius 3 is 1.65 bits per heavy atom. The van der Waals surface area contributed by atoms with Crippen molar-refractivity contribution in [2.45, 2.75) is 0 Å². The van der Waals surface area contributed by atoms with Crippen LogP contribution in [0.5, 0.6) is 0 Å². The largest absolute Gasteiger partial charge is 0.308 e. The van der Waals surface area contributed by atoms with Crippen molar-refractivity contribution in [3.63, 3.8) is 0 Å². The van der Waals surface area contributed by atoms with Gasteiger partial charge >= 0.3 is 0 Å². The molecule has 0 spiro atoms. The lowest BCUT2D eigenvalue weighted by Gasteiger charge is -2.29. The van der Waals surface area contributed by atoms with Gasteiger partial charge in [-0.25, -0.2) is 17.6 Å². The molecule has 0 saturated carbocycles. The molecular formula is C22H9F4N5. The fourth-order valence-corrected chi connectivity index (χ4v) is 2.92. The fraction of sp³-hybridized carbons (Fsp3) is 0. The molecule has 2 aromatic carbocycles. The van der Waals surface area contributed by atoms with Crippen LogP contribution in [0.25, 0.3) is 0 Å². The Hall–Kier alpha value is -4.68. The van der Waals surface area contributed by atoms with E-state index >= 15 is 0 Å². The molecule has 5 nitrogen and oxygen atoms in total. The van der Waals surface area contributed by atoms with Crippen LogP contribution >= 0.6 is 0 Å². The Kier molecular flexibility index (Phi) is 5.95. The van der Waals surface area contributed by atoms with Gasteiger partial charge in [-0.2, -0.15) is 20.8 Å². The van der Waals surface area contributed by atoms with E-state index in [4.69, 9.17) is 15.8 Å². The first-order chi connectivity index (χ1) is 14.9. The van der Waals surface area contributed by atoms with Crippen molar-refractivity contribution in [3.05, 3.63) is 94.7 Å². The molecule has 0 heterocycles. The lowest BCUT2D eigenvalue weighted by Crippen LogP contribution is -2.24. The van der Waals surface area contributed by atoms with Gasteiger partial charge in [0.05, 0.1) is 22.8 Å². The Balaban J connectivity index is 2.37. The van der Waals surface area contributed by atoms with Crippen LogP contribution in [0.15, 0.2) is 76.5 Å². The summed E-state index contributed by atoms with van der Waals surface area (Å²) in [6, 6.07) is 8.28. The number of halogens is 4. The van der Waals surface area contributed by atoms with Gasteiger partial charge in [-0.1, -0.05) is 6.08 Å². The normalized spacial score (nSPS) is 13.8. The molecule has 0 bridgehead atoms. The van der Waals surface area contributed by atoms with Crippen molar-refractivity contribution in [2.24, 2.45) is 4.99 Å². The molecule has 9 heteroatoms. The van der Waals surface area contributed by atoms with E-state index in [1.165, 1.54) is 18.2 Å². The molecule has 0 radical (unpaired) electrons. The maximum atomic E-state index is 14.0. The van der Waals surface area contributed by atoms with E-state index in [1.54, 1.807) is 18.3 Å². The van der Waals surface area contributed by atoms with Crippen LogP contribution in [0.4, 0.5) is 28.9 Å². The zero-order valence-electron chi connectivity index (χ0n) is 15.4. The van der Waals surface area contributed by atoms with Crippen LogP contribution in [-0.2, 0) is 0 Å². The number of hydrogen-bond acceptors (Lipinski definition) is 5. The number of nitriles is 3. The maximum Gasteiger partial charge on any atom is 0.206 e. The molecule has 0 fully saturated rings. The van der Waals surface area contributed by atoms with Gasteiger partial charge in [0.15, 0.2) is 0 Å². The van der Waals surface area contributed by atoms with E-state index in [9.17, 15) is 17.6 Å². The summed E-state index contributed by atoms with van der Waals surface area (Å²) in [6.07, 6.45) is 5.46. The zero-order valence-corrected chi connectivity index (χ0v) is 15.4. The number of aliphatic imine (C=N–C) groups is 1. The minimum absolute atomic E-state index is 0.0316. The van der Waals surface area contributed by atoms with Crippen LogP contribution in [0, 0.1) is 57.4 Å². The molecule has 0 unspecified atom stereocenters. The number of nitrogens with zero attached hydrogens (tertiary/aromatic N) is 5. The van der Waals surface area contributed by atoms with Crippen molar-refractivity contribution in [3.8, 4) is 18.3 Å². The Bertz CT molecular complexity index is 1210. The van der Waals surface area contributed by atoms with E-state index in [-0.39, 0.29) is 33.9 Å². The highest BCUT2D eigenvalue weighted by molar-refractivity contribution is 6.14. The minimum atomic E-state index is -0.965. The summed E-state index contributed by atoms with van der Waals surface area (Å²) in [4.78, 5) is 4.69. The fourth-order valence-electron chi connectivity index (χ4n) is 2.92. The van der Waals surface area contributed by atoms with Crippen LogP contribution in [0.1, 0.15) is 0 Å². The Morgan fingerprint density at radius 1 is 0.742 bits per heavy atom. The van der Waals surface area contributed by atoms with E-state index in [0.29, 0.717) is 12.1 Å². The van der Waals surface area contributed by atoms with Gasteiger partial charge in [0.1, 0.15) is 41.0 Å². The summed E-state index contributed by atoms with van der Waals surface area (Å²) in [6.45, 7) is 0. The van der Waals surface area contributed by atoms with E-state index in [1.807, 2.05) is 0 Å². The van der Waals surface area contributed by atoms with Crippen LogP contribution in [0.3, 0.4) is 0 Å². The predicted octanol–water partition coefficient (Wildman–Crippen LogP) is 5.10. The van der Waals surface area contributed by atoms with Crippen molar-refractivity contribution in [2.75, 3.05) is 4.90 Å². The average molecular weight is 419 g/mol. The highest BCUT2D eigenvalue weighted by atomic mass is 19.1. The summed E-state index contributed by atoms with van der Waals surface area (Å²) in [5.74, 6) is -3.86. The smallest absolute Gasteiger partial charge is 0.206 e. The van der Waals surface area contributed by atoms with Gasteiger partial charge in [0.25, 0.3) is 0 Å². The van der Waals surface area contributed by atoms with Gasteiger partial charge in [-0.05, 0) is 36.4 Å². The minimum Gasteiger partial charge on any atom is -0.308 e. The molecule has 31 heavy (non-hydrogen) atoms. The Labute approximate surface area is 174 Å². The number of benzene rings is 2. The summed E-state index contributed by atoms with van der Waals surface area (Å²) in [5, 5.41) is 27.4. The SMILES string of the molecule is N#CN=C1C=CC(=C(C#N)C#N)C=C1N(c1cc(F)cc(F)c1)c1cc(F)cc(F)c1. The summed E-state index contributed by atoms with van der Waals surface area (Å²) in [5.41, 5.74) is -0.613. The highest BCUT2D eigenvalue weighted by Crippen LogP contribution is 2.35.